The summed E-state index contributed by atoms with van der Waals surface area (Å²) in [5.41, 5.74) is 4.19. The Hall–Kier alpha value is -2.54. The third-order valence-corrected chi connectivity index (χ3v) is 8.71. The molecule has 0 aromatic rings. The average Bonchev–Trinajstić information content (AvgIpc) is 3.13. The topological polar surface area (TPSA) is 185 Å². The molecule has 0 bridgehead atoms. The van der Waals surface area contributed by atoms with Crippen LogP contribution in [0.4, 0.5) is 0 Å². The van der Waals surface area contributed by atoms with Crippen LogP contribution in [-0.4, -0.2) is 79.7 Å². The maximum absolute atomic E-state index is 14.1. The Morgan fingerprint density at radius 2 is 1.62 bits per heavy atom. The molecule has 2 rings (SSSR count). The Morgan fingerprint density at radius 1 is 1.05 bits per heavy atom. The Balaban J connectivity index is 2.37. The molecule has 0 radical (unpaired) electrons. The smallest absolute Gasteiger partial charge is 0.287 e. The summed E-state index contributed by atoms with van der Waals surface area (Å²) in [5.74, 6) is -3.82. The van der Waals surface area contributed by atoms with E-state index in [1.807, 2.05) is 27.7 Å². The predicted molar refractivity (Wildman–Crippen MR) is 150 cm³/mol. The number of sulfonamides is 1. The second-order valence-corrected chi connectivity index (χ2v) is 15.1. The summed E-state index contributed by atoms with van der Waals surface area (Å²) in [6.07, 6.45) is 1.93. The fraction of sp³-hybridized carbons (Fsp3) is 0.815. The molecule has 1 aliphatic heterocycles. The van der Waals surface area contributed by atoms with Gasteiger partial charge in [0, 0.05) is 6.54 Å². The molecule has 0 aromatic heterocycles. The largest absolute Gasteiger partial charge is 0.363 e. The maximum Gasteiger partial charge on any atom is 0.287 e. The van der Waals surface area contributed by atoms with Crippen LogP contribution in [0.3, 0.4) is 0 Å². The number of Topliss-reactive ketones (excluding diaryl/α,β-unsaturated/α-hetero) is 1. The molecule has 1 heterocycles. The number of carbonyl (C=O) groups is 5. The number of likely N-dealkylation sites (tertiary alicyclic amines) is 1. The minimum absolute atomic E-state index is 0.00558. The quantitative estimate of drug-likeness (QED) is 0.224. The number of carbonyl (C=O) groups excluding carboxylic acids is 5. The molecule has 2 fully saturated rings. The summed E-state index contributed by atoms with van der Waals surface area (Å²) in [5, 5.41) is 5.42. The van der Waals surface area contributed by atoms with Crippen LogP contribution in [0, 0.1) is 28.6 Å². The van der Waals surface area contributed by atoms with Gasteiger partial charge in [-0.25, -0.2) is 13.1 Å². The molecule has 0 aromatic carbocycles. The first kappa shape index (κ1) is 33.7. The zero-order chi connectivity index (χ0) is 31.0. The van der Waals surface area contributed by atoms with Crippen LogP contribution in [0.25, 0.3) is 0 Å². The monoisotopic (exact) mass is 585 g/mol. The van der Waals surface area contributed by atoms with E-state index in [0.717, 1.165) is 6.26 Å². The van der Waals surface area contributed by atoms with Gasteiger partial charge in [-0.05, 0) is 41.4 Å². The van der Waals surface area contributed by atoms with Crippen molar-refractivity contribution < 1.29 is 32.4 Å². The van der Waals surface area contributed by atoms with E-state index >= 15 is 0 Å². The van der Waals surface area contributed by atoms with Gasteiger partial charge < -0.3 is 21.3 Å². The van der Waals surface area contributed by atoms with Crippen molar-refractivity contribution >= 4 is 39.4 Å². The van der Waals surface area contributed by atoms with Gasteiger partial charge in [0.1, 0.15) is 18.1 Å². The van der Waals surface area contributed by atoms with Gasteiger partial charge in [-0.2, -0.15) is 0 Å². The first-order valence-electron chi connectivity index (χ1n) is 13.9. The lowest BCUT2D eigenvalue weighted by Crippen LogP contribution is -2.62. The molecule has 40 heavy (non-hydrogen) atoms. The summed E-state index contributed by atoms with van der Waals surface area (Å²) in [6, 6.07) is -4.14. The number of rotatable bonds is 13. The van der Waals surface area contributed by atoms with Crippen molar-refractivity contribution in [2.75, 3.05) is 12.8 Å². The van der Waals surface area contributed by atoms with Crippen molar-refractivity contribution in [1.82, 2.24) is 20.3 Å². The molecule has 13 heteroatoms. The summed E-state index contributed by atoms with van der Waals surface area (Å²) in [6.45, 7) is 15.1. The fourth-order valence-electron chi connectivity index (χ4n) is 5.80. The van der Waals surface area contributed by atoms with Gasteiger partial charge in [-0.3, -0.25) is 24.0 Å². The minimum atomic E-state index is -3.70. The van der Waals surface area contributed by atoms with E-state index < -0.39 is 69.0 Å². The highest BCUT2D eigenvalue weighted by Crippen LogP contribution is 2.65. The minimum Gasteiger partial charge on any atom is -0.363 e. The molecule has 1 saturated carbocycles. The molecule has 1 saturated heterocycles. The van der Waals surface area contributed by atoms with E-state index in [4.69, 9.17) is 5.73 Å². The molecular formula is C27H47N5O7S. The number of hydrogen-bond donors (Lipinski definition) is 4. The van der Waals surface area contributed by atoms with Crippen molar-refractivity contribution in [2.24, 2.45) is 34.3 Å². The van der Waals surface area contributed by atoms with Gasteiger partial charge in [-0.1, -0.05) is 61.8 Å². The van der Waals surface area contributed by atoms with Crippen LogP contribution >= 0.6 is 0 Å². The van der Waals surface area contributed by atoms with Crippen molar-refractivity contribution in [2.45, 2.75) is 98.8 Å². The number of fused-ring (bicyclic) bond motifs is 1. The third-order valence-electron chi connectivity index (χ3n) is 7.99. The first-order valence-corrected chi connectivity index (χ1v) is 15.7. The van der Waals surface area contributed by atoms with E-state index in [1.165, 1.54) is 4.90 Å². The Kier molecular flexibility index (Phi) is 10.2. The van der Waals surface area contributed by atoms with E-state index in [-0.39, 0.29) is 42.6 Å². The van der Waals surface area contributed by atoms with Crippen LogP contribution in [0.15, 0.2) is 0 Å². The second kappa shape index (κ2) is 12.1. The zero-order valence-electron chi connectivity index (χ0n) is 25.2. The van der Waals surface area contributed by atoms with Crippen molar-refractivity contribution in [3.8, 4) is 0 Å². The highest BCUT2D eigenvalue weighted by Gasteiger charge is 2.69. The normalized spacial score (nSPS) is 24.1. The number of hydrogen-bond acceptors (Lipinski definition) is 7. The lowest BCUT2D eigenvalue weighted by Gasteiger charge is -2.38. The standard InChI is InChI=1S/C27H47N5O7S/c1-10-11-16(20(33)22(28)34)29-24(36)19-18-15(27(18,7)8)13-32(19)25(37)21(26(4,5)6)30-23(35)17(12-14(2)3)31-40(9,38)39/h14-19,21,31H,10-13H2,1-9H3,(H2,28,34)(H,29,36)(H,30,35)/t15-,16?,17-,18-,19-,21+/m0/s1. The van der Waals surface area contributed by atoms with Gasteiger partial charge in [0.25, 0.3) is 5.91 Å². The number of nitrogens with two attached hydrogens (primary N) is 1. The predicted octanol–water partition coefficient (Wildman–Crippen LogP) is 0.304. The van der Waals surface area contributed by atoms with Gasteiger partial charge in [0.05, 0.1) is 12.3 Å². The zero-order valence-corrected chi connectivity index (χ0v) is 26.0. The van der Waals surface area contributed by atoms with Gasteiger partial charge in [0.2, 0.25) is 33.5 Å². The summed E-state index contributed by atoms with van der Waals surface area (Å²) < 4.78 is 26.2. The van der Waals surface area contributed by atoms with E-state index in [0.29, 0.717) is 6.42 Å². The molecular weight excluding hydrogens is 538 g/mol. The van der Waals surface area contributed by atoms with Gasteiger partial charge in [0.15, 0.2) is 0 Å². The highest BCUT2D eigenvalue weighted by molar-refractivity contribution is 7.88. The molecule has 12 nitrogen and oxygen atoms in total. The SMILES string of the molecule is CCCC(NC(=O)[C@@H]1[C@@H]2[C@H](CN1C(=O)[C@@H](NC(=O)[C@H](CC(C)C)NS(C)(=O)=O)C(C)(C)C)C2(C)C)C(=O)C(N)=O. The molecule has 1 unspecified atom stereocenters. The molecule has 4 amide bonds. The van der Waals surface area contributed by atoms with Crippen LogP contribution in [-0.2, 0) is 34.0 Å². The highest BCUT2D eigenvalue weighted by atomic mass is 32.2. The number of primary amides is 1. The summed E-state index contributed by atoms with van der Waals surface area (Å²) >= 11 is 0. The molecule has 2 aliphatic rings. The summed E-state index contributed by atoms with van der Waals surface area (Å²) in [4.78, 5) is 66.3. The Labute approximate surface area is 238 Å². The number of piperidine rings is 1. The van der Waals surface area contributed by atoms with Crippen molar-refractivity contribution in [3.63, 3.8) is 0 Å². The summed E-state index contributed by atoms with van der Waals surface area (Å²) in [7, 11) is -3.70. The van der Waals surface area contributed by atoms with Crippen LogP contribution in [0.2, 0.25) is 0 Å². The van der Waals surface area contributed by atoms with Gasteiger partial charge >= 0.3 is 0 Å². The number of nitrogens with one attached hydrogen (secondary N) is 3. The molecule has 0 spiro atoms. The molecule has 6 atom stereocenters. The number of amides is 4. The number of nitrogens with zero attached hydrogens (tertiary/aromatic N) is 1. The van der Waals surface area contributed by atoms with Crippen LogP contribution < -0.4 is 21.1 Å². The maximum atomic E-state index is 14.1. The van der Waals surface area contributed by atoms with Crippen LogP contribution in [0.5, 0.6) is 0 Å². The van der Waals surface area contributed by atoms with E-state index in [9.17, 15) is 32.4 Å². The lowest BCUT2D eigenvalue weighted by molar-refractivity contribution is -0.146. The average molecular weight is 586 g/mol. The lowest BCUT2D eigenvalue weighted by atomic mass is 9.84. The fourth-order valence-corrected chi connectivity index (χ4v) is 6.52. The molecule has 5 N–H and O–H groups in total. The second-order valence-electron chi connectivity index (χ2n) is 13.3. The number of ketones is 1. The Morgan fingerprint density at radius 3 is 2.08 bits per heavy atom. The Bertz CT molecular complexity index is 1130. The van der Waals surface area contributed by atoms with Crippen LogP contribution in [0.1, 0.15) is 74.7 Å². The van der Waals surface area contributed by atoms with Gasteiger partial charge in [-0.15, -0.1) is 0 Å². The van der Waals surface area contributed by atoms with Crippen molar-refractivity contribution in [3.05, 3.63) is 0 Å². The van der Waals surface area contributed by atoms with E-state index in [2.05, 4.69) is 15.4 Å². The molecule has 1 aliphatic carbocycles. The van der Waals surface area contributed by atoms with Crippen molar-refractivity contribution in [1.29, 1.82) is 0 Å². The first-order chi connectivity index (χ1) is 18.1. The third kappa shape index (κ3) is 7.80. The van der Waals surface area contributed by atoms with E-state index in [1.54, 1.807) is 27.7 Å². The molecule has 228 valence electrons.